The van der Waals surface area contributed by atoms with Gasteiger partial charge in [-0.15, -0.1) is 0 Å². The van der Waals surface area contributed by atoms with Crippen LogP contribution in [0.2, 0.25) is 5.02 Å². The van der Waals surface area contributed by atoms with Crippen molar-refractivity contribution in [3.8, 4) is 0 Å². The van der Waals surface area contributed by atoms with E-state index in [1.807, 2.05) is 42.5 Å². The van der Waals surface area contributed by atoms with E-state index in [1.54, 1.807) is 12.1 Å². The monoisotopic (exact) mass is 530 g/mol. The Kier molecular flexibility index (Phi) is 6.46. The van der Waals surface area contributed by atoms with Crippen molar-refractivity contribution in [2.75, 3.05) is 12.3 Å². The molecular weight excluding hydrogens is 508 g/mol. The number of aromatic nitrogens is 3. The lowest BCUT2D eigenvalue weighted by atomic mass is 10.0. The van der Waals surface area contributed by atoms with Gasteiger partial charge in [0.25, 0.3) is 5.56 Å². The van der Waals surface area contributed by atoms with Crippen molar-refractivity contribution >= 4 is 51.7 Å². The predicted octanol–water partition coefficient (Wildman–Crippen LogP) is 3.39. The molecule has 2 aromatic heterocycles. The normalized spacial score (nSPS) is 13.6. The summed E-state index contributed by atoms with van der Waals surface area (Å²) in [5.74, 6) is -1.79. The first kappa shape index (κ1) is 25.2. The molecule has 10 heteroatoms. The number of ether oxygens (including phenoxy) is 1. The van der Waals surface area contributed by atoms with Crippen LogP contribution >= 0.6 is 11.6 Å². The summed E-state index contributed by atoms with van der Waals surface area (Å²) in [4.78, 5) is 55.7. The van der Waals surface area contributed by atoms with Gasteiger partial charge in [0.1, 0.15) is 11.4 Å². The summed E-state index contributed by atoms with van der Waals surface area (Å²) in [5.41, 5.74) is 8.27. The molecule has 0 atom stereocenters. The third kappa shape index (κ3) is 4.31. The summed E-state index contributed by atoms with van der Waals surface area (Å²) in [5, 5.41) is 1.24. The van der Waals surface area contributed by atoms with E-state index in [0.29, 0.717) is 40.0 Å². The van der Waals surface area contributed by atoms with E-state index in [0.717, 1.165) is 25.8 Å². The number of anilines is 1. The van der Waals surface area contributed by atoms with E-state index in [-0.39, 0.29) is 5.82 Å². The van der Waals surface area contributed by atoms with Gasteiger partial charge in [-0.25, -0.2) is 14.6 Å². The van der Waals surface area contributed by atoms with E-state index in [2.05, 4.69) is 0 Å². The van der Waals surface area contributed by atoms with Crippen LogP contribution in [0.1, 0.15) is 44.0 Å². The van der Waals surface area contributed by atoms with Gasteiger partial charge < -0.3 is 10.5 Å². The van der Waals surface area contributed by atoms with Crippen LogP contribution in [-0.2, 0) is 25.3 Å². The highest BCUT2D eigenvalue weighted by Gasteiger charge is 2.29. The molecule has 5 rings (SSSR count). The summed E-state index contributed by atoms with van der Waals surface area (Å²) >= 11 is 6.01. The van der Waals surface area contributed by atoms with Crippen LogP contribution in [0.25, 0.3) is 22.6 Å². The van der Waals surface area contributed by atoms with Gasteiger partial charge in [-0.05, 0) is 53.8 Å². The molecular formula is C28H23ClN4O5. The van der Waals surface area contributed by atoms with Crippen LogP contribution in [-0.4, -0.2) is 32.5 Å². The van der Waals surface area contributed by atoms with Gasteiger partial charge in [-0.2, -0.15) is 0 Å². The molecule has 0 aliphatic heterocycles. The second kappa shape index (κ2) is 9.75. The highest BCUT2D eigenvalue weighted by Crippen LogP contribution is 2.38. The average Bonchev–Trinajstić information content (AvgIpc) is 3.31. The first-order valence-electron chi connectivity index (χ1n) is 11.8. The summed E-state index contributed by atoms with van der Waals surface area (Å²) < 4.78 is 7.20. The minimum atomic E-state index is -0.848. The van der Waals surface area contributed by atoms with Gasteiger partial charge in [0, 0.05) is 24.5 Å². The number of rotatable bonds is 5. The fraction of sp³-hybridized carbons (Fsp3) is 0.179. The number of allylic oxidation sites excluding steroid dienone is 1. The molecule has 4 aromatic rings. The van der Waals surface area contributed by atoms with Gasteiger partial charge in [0.05, 0.1) is 16.8 Å². The van der Waals surface area contributed by atoms with Gasteiger partial charge in [-0.1, -0.05) is 41.9 Å². The molecule has 0 saturated carbocycles. The quantitative estimate of drug-likeness (QED) is 0.309. The van der Waals surface area contributed by atoms with Gasteiger partial charge in [-0.3, -0.25) is 18.7 Å². The molecule has 2 heterocycles. The molecule has 0 unspecified atom stereocenters. The number of nitrogens with two attached hydrogens (primary N) is 1. The molecule has 0 saturated heterocycles. The molecule has 0 bridgehead atoms. The number of esters is 1. The summed E-state index contributed by atoms with van der Waals surface area (Å²) in [6, 6.07) is 14.6. The van der Waals surface area contributed by atoms with Crippen LogP contribution in [0.4, 0.5) is 5.82 Å². The molecule has 38 heavy (non-hydrogen) atoms. The number of para-hydroxylation sites is 1. The third-order valence-corrected chi connectivity index (χ3v) is 6.93. The zero-order chi connectivity index (χ0) is 27.1. The number of benzene rings is 2. The summed E-state index contributed by atoms with van der Waals surface area (Å²) in [7, 11) is 2.59. The fourth-order valence-corrected chi connectivity index (χ4v) is 4.80. The number of nitrogens with zero attached hydrogens (tertiary/aromatic N) is 3. The van der Waals surface area contributed by atoms with Crippen LogP contribution < -0.4 is 17.0 Å². The van der Waals surface area contributed by atoms with Crippen molar-refractivity contribution in [1.29, 1.82) is 0 Å². The Bertz CT molecular complexity index is 1780. The SMILES string of the molecule is Cn1c(N)c(C(=O)COC(=O)c2c3c(nc4ccccc24)/C(=C\c2ccc(Cl)cc2)CC3)c(=O)n(C)c1=O. The first-order valence-corrected chi connectivity index (χ1v) is 12.2. The minimum Gasteiger partial charge on any atom is -0.454 e. The van der Waals surface area contributed by atoms with Crippen LogP contribution in [0.3, 0.4) is 0 Å². The Hall–Kier alpha value is -4.50. The Morgan fingerprint density at radius 3 is 2.47 bits per heavy atom. The van der Waals surface area contributed by atoms with E-state index >= 15 is 0 Å². The van der Waals surface area contributed by atoms with Gasteiger partial charge in [0.2, 0.25) is 5.78 Å². The van der Waals surface area contributed by atoms with Crippen molar-refractivity contribution in [2.45, 2.75) is 12.8 Å². The first-order chi connectivity index (χ1) is 18.2. The molecule has 9 nitrogen and oxygen atoms in total. The second-order valence-corrected chi connectivity index (χ2v) is 9.45. The Morgan fingerprint density at radius 1 is 1.03 bits per heavy atom. The van der Waals surface area contributed by atoms with Crippen molar-refractivity contribution in [3.63, 3.8) is 0 Å². The van der Waals surface area contributed by atoms with Crippen molar-refractivity contribution in [3.05, 3.63) is 102 Å². The van der Waals surface area contributed by atoms with E-state index in [4.69, 9.17) is 27.1 Å². The zero-order valence-corrected chi connectivity index (χ0v) is 21.4. The number of fused-ring (bicyclic) bond motifs is 2. The summed E-state index contributed by atoms with van der Waals surface area (Å²) in [6.07, 6.45) is 3.26. The molecule has 2 N–H and O–H groups in total. The minimum absolute atomic E-state index is 0.286. The number of pyridine rings is 1. The number of hydrogen-bond acceptors (Lipinski definition) is 7. The maximum atomic E-state index is 13.4. The Morgan fingerprint density at radius 2 is 1.74 bits per heavy atom. The number of hydrogen-bond donors (Lipinski definition) is 1. The lowest BCUT2D eigenvalue weighted by molar-refractivity contribution is 0.0475. The van der Waals surface area contributed by atoms with E-state index in [1.165, 1.54) is 14.1 Å². The smallest absolute Gasteiger partial charge is 0.339 e. The van der Waals surface area contributed by atoms with Crippen molar-refractivity contribution in [1.82, 2.24) is 14.1 Å². The van der Waals surface area contributed by atoms with Crippen molar-refractivity contribution < 1.29 is 14.3 Å². The third-order valence-electron chi connectivity index (χ3n) is 6.68. The van der Waals surface area contributed by atoms with Gasteiger partial charge >= 0.3 is 11.7 Å². The number of ketones is 1. The summed E-state index contributed by atoms with van der Waals surface area (Å²) in [6.45, 7) is -0.713. The highest BCUT2D eigenvalue weighted by molar-refractivity contribution is 6.30. The highest BCUT2D eigenvalue weighted by atomic mass is 35.5. The molecule has 192 valence electrons. The average molecular weight is 531 g/mol. The number of halogens is 1. The van der Waals surface area contributed by atoms with Gasteiger partial charge in [0.15, 0.2) is 6.61 Å². The van der Waals surface area contributed by atoms with Crippen LogP contribution in [0.5, 0.6) is 0 Å². The second-order valence-electron chi connectivity index (χ2n) is 9.02. The van der Waals surface area contributed by atoms with E-state index < -0.39 is 35.2 Å². The maximum absolute atomic E-state index is 13.4. The largest absolute Gasteiger partial charge is 0.454 e. The Labute approximate surface area is 221 Å². The van der Waals surface area contributed by atoms with Crippen molar-refractivity contribution in [2.24, 2.45) is 14.1 Å². The molecule has 1 aliphatic rings. The molecule has 0 amide bonds. The lowest BCUT2D eigenvalue weighted by Crippen LogP contribution is -2.42. The molecule has 0 radical (unpaired) electrons. The molecule has 2 aromatic carbocycles. The fourth-order valence-electron chi connectivity index (χ4n) is 4.67. The number of carbonyl (C=O) groups is 2. The Balaban J connectivity index is 1.51. The number of nitrogen functional groups attached to an aromatic ring is 1. The number of carbonyl (C=O) groups excluding carboxylic acids is 2. The number of Topliss-reactive ketones (excluding diaryl/α,β-unsaturated/α-hetero) is 1. The lowest BCUT2D eigenvalue weighted by Gasteiger charge is -2.13. The maximum Gasteiger partial charge on any atom is 0.339 e. The topological polar surface area (TPSA) is 126 Å². The standard InChI is InChI=1S/C28H23ClN4O5/c1-32-25(30)23(26(35)33(2)28(32)37)21(34)14-38-27(36)22-18-5-3-4-6-20(18)31-24-16(9-12-19(22)24)13-15-7-10-17(29)11-8-15/h3-8,10-11,13H,9,12,14,30H2,1-2H3/b16-13-. The molecule has 0 spiro atoms. The van der Waals surface area contributed by atoms with Crippen LogP contribution in [0.15, 0.2) is 58.1 Å². The predicted molar refractivity (Wildman–Crippen MR) is 145 cm³/mol. The molecule has 0 fully saturated rings. The van der Waals surface area contributed by atoms with Crippen LogP contribution in [0, 0.1) is 0 Å². The van der Waals surface area contributed by atoms with E-state index in [9.17, 15) is 19.2 Å². The molecule has 1 aliphatic carbocycles. The zero-order valence-electron chi connectivity index (χ0n) is 20.7.